The van der Waals surface area contributed by atoms with Gasteiger partial charge in [-0.15, -0.1) is 0 Å². The number of nitrogens with zero attached hydrogens (tertiary/aromatic N) is 6. The number of para-hydroxylation sites is 1. The summed E-state index contributed by atoms with van der Waals surface area (Å²) in [4.78, 5) is 4.65. The third-order valence-electron chi connectivity index (χ3n) is 7.47. The lowest BCUT2D eigenvalue weighted by atomic mass is 10.1. The van der Waals surface area contributed by atoms with Crippen LogP contribution in [0.4, 0.5) is 10.1 Å². The SMILES string of the molecule is Cc1nn(-c2ccccc2)c(C)c1CN1CCN(C(=S)Nc2c(C)nn(Cc3c(F)cccc3Cl)c2C)CC1. The topological polar surface area (TPSA) is 54.2 Å². The van der Waals surface area contributed by atoms with Gasteiger partial charge in [0.05, 0.1) is 35.0 Å². The zero-order chi connectivity index (χ0) is 27.7. The molecule has 1 fully saturated rings. The Labute approximate surface area is 239 Å². The second kappa shape index (κ2) is 11.5. The molecule has 0 saturated carbocycles. The third kappa shape index (κ3) is 5.71. The summed E-state index contributed by atoms with van der Waals surface area (Å²) in [5.74, 6) is -0.337. The number of hydrogen-bond donors (Lipinski definition) is 1. The molecule has 1 aliphatic heterocycles. The van der Waals surface area contributed by atoms with E-state index in [1.165, 1.54) is 17.3 Å². The van der Waals surface area contributed by atoms with Gasteiger partial charge in [0.1, 0.15) is 5.82 Å². The summed E-state index contributed by atoms with van der Waals surface area (Å²) in [7, 11) is 0. The quantitative estimate of drug-likeness (QED) is 0.305. The maximum atomic E-state index is 14.3. The van der Waals surface area contributed by atoms with Gasteiger partial charge in [0.25, 0.3) is 0 Å². The monoisotopic (exact) mass is 565 g/mol. The Kier molecular flexibility index (Phi) is 8.02. The van der Waals surface area contributed by atoms with Gasteiger partial charge in [-0.3, -0.25) is 9.58 Å². The van der Waals surface area contributed by atoms with Crippen LogP contribution in [-0.2, 0) is 13.1 Å². The van der Waals surface area contributed by atoms with E-state index in [9.17, 15) is 4.39 Å². The van der Waals surface area contributed by atoms with Crippen molar-refractivity contribution >= 4 is 34.6 Å². The Balaban J connectivity index is 1.20. The van der Waals surface area contributed by atoms with E-state index in [1.54, 1.807) is 16.8 Å². The molecule has 0 amide bonds. The Morgan fingerprint density at radius 2 is 1.59 bits per heavy atom. The van der Waals surface area contributed by atoms with E-state index in [1.807, 2.05) is 36.7 Å². The normalized spacial score (nSPS) is 14.2. The molecule has 1 saturated heterocycles. The lowest BCUT2D eigenvalue weighted by Crippen LogP contribution is -2.49. The summed E-state index contributed by atoms with van der Waals surface area (Å²) >= 11 is 12.0. The molecule has 2 aromatic carbocycles. The predicted molar refractivity (Wildman–Crippen MR) is 158 cm³/mol. The lowest BCUT2D eigenvalue weighted by Gasteiger charge is -2.36. The van der Waals surface area contributed by atoms with Gasteiger partial charge in [0.15, 0.2) is 5.11 Å². The minimum Gasteiger partial charge on any atom is -0.346 e. The first-order chi connectivity index (χ1) is 18.7. The fraction of sp³-hybridized carbons (Fsp3) is 0.345. The fourth-order valence-corrected chi connectivity index (χ4v) is 5.62. The molecule has 204 valence electrons. The molecule has 1 N–H and O–H groups in total. The van der Waals surface area contributed by atoms with Crippen LogP contribution < -0.4 is 5.32 Å². The molecule has 0 atom stereocenters. The van der Waals surface area contributed by atoms with Gasteiger partial charge in [-0.2, -0.15) is 10.2 Å². The number of aromatic nitrogens is 4. The number of halogens is 2. The first kappa shape index (κ1) is 27.3. The number of piperazine rings is 1. The average molecular weight is 566 g/mol. The minimum absolute atomic E-state index is 0.255. The van der Waals surface area contributed by atoms with Crippen molar-refractivity contribution in [3.05, 3.63) is 93.3 Å². The molecule has 0 aliphatic carbocycles. The lowest BCUT2D eigenvalue weighted by molar-refractivity contribution is 0.176. The number of thiocarbonyl (C=S) groups is 1. The summed E-state index contributed by atoms with van der Waals surface area (Å²) in [6.07, 6.45) is 0. The number of rotatable bonds is 6. The minimum atomic E-state index is -0.337. The van der Waals surface area contributed by atoms with Gasteiger partial charge in [0, 0.05) is 54.6 Å². The zero-order valence-electron chi connectivity index (χ0n) is 22.7. The second-order valence-electron chi connectivity index (χ2n) is 9.99. The van der Waals surface area contributed by atoms with Crippen LogP contribution in [0.2, 0.25) is 5.02 Å². The first-order valence-corrected chi connectivity index (χ1v) is 13.9. The molecule has 3 heterocycles. The molecule has 1 aliphatic rings. The zero-order valence-corrected chi connectivity index (χ0v) is 24.3. The van der Waals surface area contributed by atoms with Gasteiger partial charge >= 0.3 is 0 Å². The highest BCUT2D eigenvalue weighted by Crippen LogP contribution is 2.25. The van der Waals surface area contributed by atoms with Crippen LogP contribution >= 0.6 is 23.8 Å². The van der Waals surface area contributed by atoms with E-state index in [0.717, 1.165) is 61.2 Å². The standard InChI is InChI=1S/C29H33ClFN7S/c1-19-24(21(3)38(34-19)23-9-6-5-7-10-23)17-35-13-15-36(16-14-35)29(39)32-28-20(2)33-37(22(28)4)18-25-26(30)11-8-12-27(25)31/h5-12H,13-18H2,1-4H3,(H,32,39). The van der Waals surface area contributed by atoms with E-state index in [0.29, 0.717) is 15.7 Å². The molecule has 10 heteroatoms. The molecule has 2 aromatic heterocycles. The summed E-state index contributed by atoms with van der Waals surface area (Å²) in [6.45, 7) is 12.7. The van der Waals surface area contributed by atoms with Crippen LogP contribution in [0.3, 0.4) is 0 Å². The van der Waals surface area contributed by atoms with Gasteiger partial charge in [-0.05, 0) is 64.2 Å². The highest BCUT2D eigenvalue weighted by Gasteiger charge is 2.23. The van der Waals surface area contributed by atoms with Crippen LogP contribution in [-0.4, -0.2) is 60.7 Å². The van der Waals surface area contributed by atoms with Crippen molar-refractivity contribution in [2.45, 2.75) is 40.8 Å². The van der Waals surface area contributed by atoms with E-state index in [2.05, 4.69) is 46.2 Å². The number of aryl methyl sites for hydroxylation is 2. The Bertz CT molecular complexity index is 1470. The molecular weight excluding hydrogens is 533 g/mol. The van der Waals surface area contributed by atoms with Crippen LogP contribution in [0.25, 0.3) is 5.69 Å². The van der Waals surface area contributed by atoms with Crippen LogP contribution in [0.1, 0.15) is 33.9 Å². The number of hydrogen-bond acceptors (Lipinski definition) is 4. The molecule has 5 rings (SSSR count). The van der Waals surface area contributed by atoms with Gasteiger partial charge < -0.3 is 10.2 Å². The van der Waals surface area contributed by atoms with Crippen molar-refractivity contribution in [1.29, 1.82) is 0 Å². The molecule has 0 spiro atoms. The maximum Gasteiger partial charge on any atom is 0.173 e. The van der Waals surface area contributed by atoms with Gasteiger partial charge in [-0.25, -0.2) is 9.07 Å². The molecule has 0 bridgehead atoms. The number of anilines is 1. The third-order valence-corrected chi connectivity index (χ3v) is 8.18. The van der Waals surface area contributed by atoms with Gasteiger partial charge in [-0.1, -0.05) is 35.9 Å². The van der Waals surface area contributed by atoms with Gasteiger partial charge in [0.2, 0.25) is 0 Å². The Morgan fingerprint density at radius 3 is 2.28 bits per heavy atom. The summed E-state index contributed by atoms with van der Waals surface area (Å²) < 4.78 is 18.1. The molecule has 0 radical (unpaired) electrons. The average Bonchev–Trinajstić information content (AvgIpc) is 3.36. The summed E-state index contributed by atoms with van der Waals surface area (Å²) in [5.41, 5.74) is 7.58. The van der Waals surface area contributed by atoms with Crippen molar-refractivity contribution in [2.24, 2.45) is 0 Å². The van der Waals surface area contributed by atoms with Crippen molar-refractivity contribution in [1.82, 2.24) is 29.4 Å². The highest BCUT2D eigenvalue weighted by molar-refractivity contribution is 7.80. The number of nitrogens with one attached hydrogen (secondary N) is 1. The van der Waals surface area contributed by atoms with E-state index in [-0.39, 0.29) is 12.4 Å². The Hall–Kier alpha value is -3.27. The molecule has 0 unspecified atom stereocenters. The maximum absolute atomic E-state index is 14.3. The van der Waals surface area contributed by atoms with Crippen molar-refractivity contribution in [2.75, 3.05) is 31.5 Å². The summed E-state index contributed by atoms with van der Waals surface area (Å²) in [6, 6.07) is 15.0. The molecule has 39 heavy (non-hydrogen) atoms. The second-order valence-corrected chi connectivity index (χ2v) is 10.8. The largest absolute Gasteiger partial charge is 0.346 e. The molecular formula is C29H33ClFN7S. The van der Waals surface area contributed by atoms with Crippen LogP contribution in [0, 0.1) is 33.5 Å². The van der Waals surface area contributed by atoms with Crippen molar-refractivity contribution < 1.29 is 4.39 Å². The van der Waals surface area contributed by atoms with E-state index < -0.39 is 0 Å². The first-order valence-electron chi connectivity index (χ1n) is 13.1. The van der Waals surface area contributed by atoms with Crippen LogP contribution in [0.5, 0.6) is 0 Å². The highest BCUT2D eigenvalue weighted by atomic mass is 35.5. The van der Waals surface area contributed by atoms with Crippen LogP contribution in [0.15, 0.2) is 48.5 Å². The number of benzene rings is 2. The van der Waals surface area contributed by atoms with E-state index in [4.69, 9.17) is 28.9 Å². The Morgan fingerprint density at radius 1 is 0.872 bits per heavy atom. The van der Waals surface area contributed by atoms with Crippen molar-refractivity contribution in [3.63, 3.8) is 0 Å². The fourth-order valence-electron chi connectivity index (χ4n) is 5.11. The molecule has 7 nitrogen and oxygen atoms in total. The van der Waals surface area contributed by atoms with Crippen molar-refractivity contribution in [3.8, 4) is 5.69 Å². The van der Waals surface area contributed by atoms with E-state index >= 15 is 0 Å². The summed E-state index contributed by atoms with van der Waals surface area (Å²) in [5, 5.41) is 13.9. The molecule has 4 aromatic rings. The smallest absolute Gasteiger partial charge is 0.173 e. The predicted octanol–water partition coefficient (Wildman–Crippen LogP) is 5.66.